The Bertz CT molecular complexity index is 233. The zero-order valence-electron chi connectivity index (χ0n) is 7.18. The highest BCUT2D eigenvalue weighted by molar-refractivity contribution is 7.99. The molecule has 1 saturated heterocycles. The van der Waals surface area contributed by atoms with Crippen molar-refractivity contribution in [3.8, 4) is 6.07 Å². The minimum absolute atomic E-state index is 0.126. The summed E-state index contributed by atoms with van der Waals surface area (Å²) in [5, 5.41) is 11.7. The number of alkyl halides is 1. The lowest BCUT2D eigenvalue weighted by atomic mass is 10.0. The monoisotopic (exact) mass is 218 g/mol. The number of hydrogen-bond acceptors (Lipinski definition) is 3. The predicted octanol–water partition coefficient (Wildman–Crippen LogP) is 1.13. The SMILES string of the molecule is N#CC1(NC(=O)CCCl)CCSC1. The number of rotatable bonds is 3. The first kappa shape index (κ1) is 10.7. The largest absolute Gasteiger partial charge is 0.337 e. The van der Waals surface area contributed by atoms with Crippen molar-refractivity contribution in [3.63, 3.8) is 0 Å². The van der Waals surface area contributed by atoms with Crippen LogP contribution in [-0.4, -0.2) is 28.8 Å². The Balaban J connectivity index is 2.49. The molecular weight excluding hydrogens is 208 g/mol. The molecule has 3 nitrogen and oxygen atoms in total. The molecule has 1 amide bonds. The van der Waals surface area contributed by atoms with Gasteiger partial charge in [-0.05, 0) is 12.2 Å². The highest BCUT2D eigenvalue weighted by atomic mass is 35.5. The number of amides is 1. The average molecular weight is 219 g/mol. The van der Waals surface area contributed by atoms with Crippen molar-refractivity contribution in [2.45, 2.75) is 18.4 Å². The van der Waals surface area contributed by atoms with Crippen LogP contribution < -0.4 is 5.32 Å². The van der Waals surface area contributed by atoms with Crippen LogP contribution in [0, 0.1) is 11.3 Å². The van der Waals surface area contributed by atoms with Crippen molar-refractivity contribution in [1.82, 2.24) is 5.32 Å². The summed E-state index contributed by atoms with van der Waals surface area (Å²) in [5.74, 6) is 1.81. The summed E-state index contributed by atoms with van der Waals surface area (Å²) in [6.45, 7) is 0. The molecule has 0 saturated carbocycles. The smallest absolute Gasteiger partial charge is 0.222 e. The molecule has 1 fully saturated rings. The van der Waals surface area contributed by atoms with Crippen LogP contribution in [0.1, 0.15) is 12.8 Å². The first-order valence-electron chi connectivity index (χ1n) is 4.08. The molecule has 1 rings (SSSR count). The Morgan fingerprint density at radius 3 is 3.00 bits per heavy atom. The summed E-state index contributed by atoms with van der Waals surface area (Å²) in [4.78, 5) is 11.2. The number of nitrogens with zero attached hydrogens (tertiary/aromatic N) is 1. The third-order valence-corrected chi connectivity index (χ3v) is 3.31. The van der Waals surface area contributed by atoms with Crippen molar-refractivity contribution in [3.05, 3.63) is 0 Å². The number of carbonyl (C=O) groups excluding carboxylic acids is 1. The fourth-order valence-corrected chi connectivity index (χ4v) is 2.63. The van der Waals surface area contributed by atoms with Crippen molar-refractivity contribution in [2.75, 3.05) is 17.4 Å². The second-order valence-electron chi connectivity index (χ2n) is 2.98. The lowest BCUT2D eigenvalue weighted by Gasteiger charge is -2.20. The van der Waals surface area contributed by atoms with Gasteiger partial charge in [0.05, 0.1) is 6.07 Å². The van der Waals surface area contributed by atoms with Crippen LogP contribution in [0.25, 0.3) is 0 Å². The van der Waals surface area contributed by atoms with Gasteiger partial charge in [-0.15, -0.1) is 11.6 Å². The average Bonchev–Trinajstić information content (AvgIpc) is 2.54. The van der Waals surface area contributed by atoms with Gasteiger partial charge in [-0.1, -0.05) is 0 Å². The van der Waals surface area contributed by atoms with Crippen LogP contribution in [0.3, 0.4) is 0 Å². The molecule has 1 atom stereocenters. The van der Waals surface area contributed by atoms with E-state index in [9.17, 15) is 4.79 Å². The summed E-state index contributed by atoms with van der Waals surface area (Å²) in [5.41, 5.74) is -0.631. The van der Waals surface area contributed by atoms with Gasteiger partial charge in [0.15, 0.2) is 0 Å². The molecule has 1 aliphatic rings. The van der Waals surface area contributed by atoms with E-state index in [0.717, 1.165) is 12.2 Å². The molecule has 1 N–H and O–H groups in total. The molecule has 0 aromatic heterocycles. The molecule has 72 valence electrons. The maximum Gasteiger partial charge on any atom is 0.222 e. The molecular formula is C8H11ClN2OS. The van der Waals surface area contributed by atoms with Gasteiger partial charge in [0.1, 0.15) is 5.54 Å². The van der Waals surface area contributed by atoms with Gasteiger partial charge in [0.25, 0.3) is 0 Å². The van der Waals surface area contributed by atoms with Gasteiger partial charge in [-0.25, -0.2) is 0 Å². The fraction of sp³-hybridized carbons (Fsp3) is 0.750. The van der Waals surface area contributed by atoms with Crippen molar-refractivity contribution < 1.29 is 4.79 Å². The second kappa shape index (κ2) is 4.73. The summed E-state index contributed by atoms with van der Waals surface area (Å²) >= 11 is 7.12. The first-order chi connectivity index (χ1) is 6.22. The number of nitriles is 1. The Labute approximate surface area is 86.8 Å². The normalized spacial score (nSPS) is 26.8. The Morgan fingerprint density at radius 1 is 1.77 bits per heavy atom. The zero-order valence-corrected chi connectivity index (χ0v) is 8.75. The molecule has 0 radical (unpaired) electrons. The van der Waals surface area contributed by atoms with E-state index in [1.165, 1.54) is 0 Å². The molecule has 13 heavy (non-hydrogen) atoms. The minimum atomic E-state index is -0.631. The molecule has 0 aromatic rings. The van der Waals surface area contributed by atoms with Crippen LogP contribution in [0.4, 0.5) is 0 Å². The van der Waals surface area contributed by atoms with Gasteiger partial charge >= 0.3 is 0 Å². The van der Waals surface area contributed by atoms with Gasteiger partial charge in [0.2, 0.25) is 5.91 Å². The number of carbonyl (C=O) groups is 1. The lowest BCUT2D eigenvalue weighted by molar-refractivity contribution is -0.121. The molecule has 0 aliphatic carbocycles. The van der Waals surface area contributed by atoms with E-state index in [1.54, 1.807) is 11.8 Å². The molecule has 1 aliphatic heterocycles. The van der Waals surface area contributed by atoms with Crippen molar-refractivity contribution in [2.24, 2.45) is 0 Å². The maximum absolute atomic E-state index is 11.2. The Morgan fingerprint density at radius 2 is 2.54 bits per heavy atom. The van der Waals surface area contributed by atoms with E-state index in [0.29, 0.717) is 11.6 Å². The number of nitrogens with one attached hydrogen (secondary N) is 1. The third-order valence-electron chi connectivity index (χ3n) is 1.94. The van der Waals surface area contributed by atoms with Crippen molar-refractivity contribution in [1.29, 1.82) is 5.26 Å². The topological polar surface area (TPSA) is 52.9 Å². The second-order valence-corrected chi connectivity index (χ2v) is 4.47. The van der Waals surface area contributed by atoms with Crippen LogP contribution in [-0.2, 0) is 4.79 Å². The molecule has 0 aromatic carbocycles. The zero-order chi connectivity index (χ0) is 9.73. The van der Waals surface area contributed by atoms with Crippen LogP contribution in [0.5, 0.6) is 0 Å². The fourth-order valence-electron chi connectivity index (χ4n) is 1.19. The van der Waals surface area contributed by atoms with E-state index in [1.807, 2.05) is 0 Å². The number of halogens is 1. The van der Waals surface area contributed by atoms with E-state index in [-0.39, 0.29) is 12.3 Å². The van der Waals surface area contributed by atoms with Gasteiger partial charge in [0, 0.05) is 18.1 Å². The quantitative estimate of drug-likeness (QED) is 0.723. The third kappa shape index (κ3) is 2.78. The summed E-state index contributed by atoms with van der Waals surface area (Å²) in [6.07, 6.45) is 1.03. The van der Waals surface area contributed by atoms with E-state index >= 15 is 0 Å². The highest BCUT2D eigenvalue weighted by Crippen LogP contribution is 2.27. The standard InChI is InChI=1S/C8H11ClN2OS/c9-3-1-7(12)11-8(5-10)2-4-13-6-8/h1-4,6H2,(H,11,12). The van der Waals surface area contributed by atoms with Crippen LogP contribution in [0.2, 0.25) is 0 Å². The Hall–Kier alpha value is -0.400. The molecule has 5 heteroatoms. The number of hydrogen-bond donors (Lipinski definition) is 1. The highest BCUT2D eigenvalue weighted by Gasteiger charge is 2.35. The first-order valence-corrected chi connectivity index (χ1v) is 5.77. The van der Waals surface area contributed by atoms with Gasteiger partial charge in [-0.3, -0.25) is 4.79 Å². The summed E-state index contributed by atoms with van der Waals surface area (Å²) in [6, 6.07) is 2.17. The molecule has 1 heterocycles. The lowest BCUT2D eigenvalue weighted by Crippen LogP contribution is -2.47. The number of thioether (sulfide) groups is 1. The summed E-state index contributed by atoms with van der Waals surface area (Å²) < 4.78 is 0. The van der Waals surface area contributed by atoms with E-state index in [4.69, 9.17) is 16.9 Å². The van der Waals surface area contributed by atoms with Gasteiger partial charge in [-0.2, -0.15) is 17.0 Å². The maximum atomic E-state index is 11.2. The summed E-state index contributed by atoms with van der Waals surface area (Å²) in [7, 11) is 0. The molecule has 0 bridgehead atoms. The van der Waals surface area contributed by atoms with E-state index < -0.39 is 5.54 Å². The predicted molar refractivity (Wildman–Crippen MR) is 53.8 cm³/mol. The van der Waals surface area contributed by atoms with Crippen LogP contribution in [0.15, 0.2) is 0 Å². The van der Waals surface area contributed by atoms with Crippen LogP contribution >= 0.6 is 23.4 Å². The van der Waals surface area contributed by atoms with Crippen molar-refractivity contribution >= 4 is 29.3 Å². The molecule has 0 spiro atoms. The minimum Gasteiger partial charge on any atom is -0.337 e. The Kier molecular flexibility index (Phi) is 3.89. The van der Waals surface area contributed by atoms with Gasteiger partial charge < -0.3 is 5.32 Å². The van der Waals surface area contributed by atoms with E-state index in [2.05, 4.69) is 11.4 Å². The molecule has 1 unspecified atom stereocenters.